The quantitative estimate of drug-likeness (QED) is 0.175. The van der Waals surface area contributed by atoms with E-state index >= 15 is 0 Å². The Labute approximate surface area is 245 Å². The monoisotopic (exact) mass is 601 g/mol. The fourth-order valence-corrected chi connectivity index (χ4v) is 6.64. The third-order valence-electron chi connectivity index (χ3n) is 7.35. The molecule has 0 N–H and O–H groups in total. The molecule has 0 saturated carbocycles. The number of pyridine rings is 1. The summed E-state index contributed by atoms with van der Waals surface area (Å²) in [7, 11) is -2.59. The van der Waals surface area contributed by atoms with E-state index in [1.54, 1.807) is 49.5 Å². The fourth-order valence-electron chi connectivity index (χ4n) is 5.17. The summed E-state index contributed by atoms with van der Waals surface area (Å²) >= 11 is 6.05. The van der Waals surface area contributed by atoms with Gasteiger partial charge in [-0.15, -0.1) is 0 Å². The number of hydrogen-bond donors (Lipinski definition) is 0. The molecule has 0 bridgehead atoms. The van der Waals surface area contributed by atoms with Crippen molar-refractivity contribution < 1.29 is 13.3 Å². The van der Waals surface area contributed by atoms with Crippen LogP contribution in [0, 0.1) is 24.0 Å². The molecule has 0 unspecified atom stereocenters. The Balaban J connectivity index is 1.59. The van der Waals surface area contributed by atoms with Crippen LogP contribution in [0.15, 0.2) is 88.8 Å². The van der Waals surface area contributed by atoms with Crippen molar-refractivity contribution in [3.05, 3.63) is 122 Å². The minimum Gasteiger partial charge on any atom is -0.323 e. The van der Waals surface area contributed by atoms with Gasteiger partial charge in [0.05, 0.1) is 15.3 Å². The van der Waals surface area contributed by atoms with Crippen LogP contribution in [0.1, 0.15) is 17.0 Å². The molecular weight excluding hydrogens is 578 g/mol. The molecular formula is C30H24ClN5O5S. The number of imidazole rings is 1. The van der Waals surface area contributed by atoms with Crippen molar-refractivity contribution in [2.24, 2.45) is 7.05 Å². The average molecular weight is 602 g/mol. The van der Waals surface area contributed by atoms with Crippen LogP contribution in [0.5, 0.6) is 0 Å². The Kier molecular flexibility index (Phi) is 6.51. The zero-order valence-electron chi connectivity index (χ0n) is 22.8. The minimum absolute atomic E-state index is 0.0386. The van der Waals surface area contributed by atoms with Crippen molar-refractivity contribution in [1.82, 2.24) is 18.1 Å². The molecule has 0 aliphatic heterocycles. The predicted octanol–water partition coefficient (Wildman–Crippen LogP) is 5.82. The number of halogens is 1. The highest BCUT2D eigenvalue weighted by atomic mass is 35.5. The number of hydrogen-bond acceptors (Lipinski definition) is 6. The number of nitro benzene ring substituents is 1. The summed E-state index contributed by atoms with van der Waals surface area (Å²) in [6, 6.07) is 18.4. The van der Waals surface area contributed by atoms with Crippen LogP contribution in [-0.2, 0) is 23.6 Å². The highest BCUT2D eigenvalue weighted by Crippen LogP contribution is 2.36. The van der Waals surface area contributed by atoms with Gasteiger partial charge in [-0.05, 0) is 61.4 Å². The first-order valence-corrected chi connectivity index (χ1v) is 14.7. The molecule has 212 valence electrons. The van der Waals surface area contributed by atoms with Crippen LogP contribution in [0.25, 0.3) is 33.1 Å². The van der Waals surface area contributed by atoms with Crippen molar-refractivity contribution in [2.45, 2.75) is 25.3 Å². The molecule has 0 atom stereocenters. The van der Waals surface area contributed by atoms with E-state index < -0.39 is 20.5 Å². The van der Waals surface area contributed by atoms with Crippen molar-refractivity contribution >= 4 is 49.2 Å². The van der Waals surface area contributed by atoms with E-state index in [2.05, 4.69) is 4.98 Å². The zero-order valence-corrected chi connectivity index (χ0v) is 24.3. The van der Waals surface area contributed by atoms with Crippen LogP contribution in [0.4, 0.5) is 5.69 Å². The van der Waals surface area contributed by atoms with Gasteiger partial charge >= 0.3 is 0 Å². The average Bonchev–Trinajstić information content (AvgIpc) is 3.54. The summed E-state index contributed by atoms with van der Waals surface area (Å²) in [5.74, 6) is 0.584. The lowest BCUT2D eigenvalue weighted by atomic mass is 10.0. The molecule has 0 radical (unpaired) electrons. The van der Waals surface area contributed by atoms with Crippen LogP contribution in [-0.4, -0.2) is 31.4 Å². The van der Waals surface area contributed by atoms with Gasteiger partial charge in [-0.2, -0.15) is 0 Å². The van der Waals surface area contributed by atoms with Crippen LogP contribution >= 0.6 is 11.6 Å². The smallest absolute Gasteiger partial charge is 0.297 e. The Morgan fingerprint density at radius 3 is 2.36 bits per heavy atom. The van der Waals surface area contributed by atoms with Gasteiger partial charge in [-0.3, -0.25) is 14.9 Å². The summed E-state index contributed by atoms with van der Waals surface area (Å²) in [5.41, 5.74) is 2.72. The van der Waals surface area contributed by atoms with E-state index in [4.69, 9.17) is 11.6 Å². The first-order chi connectivity index (χ1) is 20.0. The van der Waals surface area contributed by atoms with E-state index in [0.717, 1.165) is 15.1 Å². The third-order valence-corrected chi connectivity index (χ3v) is 9.29. The third kappa shape index (κ3) is 4.47. The van der Waals surface area contributed by atoms with Crippen LogP contribution < -0.4 is 5.56 Å². The summed E-state index contributed by atoms with van der Waals surface area (Å²) in [6.45, 7) is 4.02. The summed E-state index contributed by atoms with van der Waals surface area (Å²) in [6.07, 6.45) is 2.90. The van der Waals surface area contributed by atoms with E-state index in [-0.39, 0.29) is 21.6 Å². The van der Waals surface area contributed by atoms with Gasteiger partial charge in [0.2, 0.25) is 0 Å². The molecule has 12 heteroatoms. The number of nitrogens with zero attached hydrogens (tertiary/aromatic N) is 5. The number of rotatable bonds is 6. The highest BCUT2D eigenvalue weighted by Gasteiger charge is 2.25. The zero-order chi connectivity index (χ0) is 29.9. The Morgan fingerprint density at radius 2 is 1.69 bits per heavy atom. The standard InChI is InChI=1S/C30H24ClN5O5S/c1-18-4-10-23(11-5-18)42(40,41)35-13-12-24-25(17-33(3)30(37)29(24)35)21-14-26-28(27(15-21)36(38)39)32-19(2)34(26)16-20-6-8-22(31)9-7-20/h4-15,17H,16H2,1-3H3. The summed E-state index contributed by atoms with van der Waals surface area (Å²) in [4.78, 5) is 29.6. The van der Waals surface area contributed by atoms with Gasteiger partial charge in [0, 0.05) is 48.0 Å². The Hall–Kier alpha value is -4.74. The molecule has 3 aromatic heterocycles. The molecule has 0 spiro atoms. The molecule has 3 aromatic carbocycles. The predicted molar refractivity (Wildman–Crippen MR) is 162 cm³/mol. The van der Waals surface area contributed by atoms with Crippen molar-refractivity contribution in [3.63, 3.8) is 0 Å². The molecule has 0 saturated heterocycles. The lowest BCUT2D eigenvalue weighted by Gasteiger charge is -2.12. The van der Waals surface area contributed by atoms with Crippen molar-refractivity contribution in [2.75, 3.05) is 0 Å². The number of non-ortho nitro benzene ring substituents is 1. The highest BCUT2D eigenvalue weighted by molar-refractivity contribution is 7.90. The Morgan fingerprint density at radius 1 is 1.00 bits per heavy atom. The van der Waals surface area contributed by atoms with Crippen LogP contribution in [0.3, 0.4) is 0 Å². The Bertz CT molecular complexity index is 2210. The maximum Gasteiger partial charge on any atom is 0.297 e. The molecule has 42 heavy (non-hydrogen) atoms. The number of aromatic nitrogens is 4. The summed E-state index contributed by atoms with van der Waals surface area (Å²) in [5, 5.41) is 13.2. The first-order valence-electron chi connectivity index (χ1n) is 12.9. The van der Waals surface area contributed by atoms with Gasteiger partial charge in [0.15, 0.2) is 5.52 Å². The van der Waals surface area contributed by atoms with Crippen LogP contribution in [0.2, 0.25) is 5.02 Å². The lowest BCUT2D eigenvalue weighted by molar-refractivity contribution is -0.383. The fraction of sp³-hybridized carbons (Fsp3) is 0.133. The van der Waals surface area contributed by atoms with E-state index in [1.165, 1.54) is 36.0 Å². The first kappa shape index (κ1) is 27.4. The molecule has 0 amide bonds. The molecule has 0 aliphatic carbocycles. The molecule has 6 aromatic rings. The molecule has 10 nitrogen and oxygen atoms in total. The van der Waals surface area contributed by atoms with Gasteiger partial charge in [0.25, 0.3) is 21.3 Å². The van der Waals surface area contributed by atoms with E-state index in [1.807, 2.05) is 23.6 Å². The second-order valence-corrected chi connectivity index (χ2v) is 12.4. The number of fused-ring (bicyclic) bond motifs is 2. The summed E-state index contributed by atoms with van der Waals surface area (Å²) < 4.78 is 31.3. The molecule has 6 rings (SSSR count). The van der Waals surface area contributed by atoms with Gasteiger partial charge in [0.1, 0.15) is 11.3 Å². The molecule has 0 aliphatic rings. The van der Waals surface area contributed by atoms with E-state index in [9.17, 15) is 23.3 Å². The van der Waals surface area contributed by atoms with Gasteiger partial charge < -0.3 is 9.13 Å². The SMILES string of the molecule is Cc1ccc(S(=O)(=O)n2ccc3c(-c4cc([N+](=O)[O-])c5nc(C)n(Cc6ccc(Cl)cc6)c5c4)cn(C)c(=O)c32)cc1. The van der Waals surface area contributed by atoms with Gasteiger partial charge in [-0.1, -0.05) is 41.4 Å². The van der Waals surface area contributed by atoms with Crippen molar-refractivity contribution in [3.8, 4) is 11.1 Å². The molecule has 3 heterocycles. The number of nitro groups is 1. The van der Waals surface area contributed by atoms with Crippen molar-refractivity contribution in [1.29, 1.82) is 0 Å². The topological polar surface area (TPSA) is 122 Å². The second-order valence-electron chi connectivity index (χ2n) is 10.1. The second kappa shape index (κ2) is 9.97. The minimum atomic E-state index is -4.10. The number of benzene rings is 3. The molecule has 0 fully saturated rings. The largest absolute Gasteiger partial charge is 0.323 e. The maximum absolute atomic E-state index is 13.6. The van der Waals surface area contributed by atoms with E-state index in [0.29, 0.717) is 39.4 Å². The maximum atomic E-state index is 13.6. The normalized spacial score (nSPS) is 11.9. The van der Waals surface area contributed by atoms with Gasteiger partial charge in [-0.25, -0.2) is 17.4 Å². The lowest BCUT2D eigenvalue weighted by Crippen LogP contribution is -2.22. The number of aryl methyl sites for hydroxylation is 3.